The molecule has 1 aromatic rings. The summed E-state index contributed by atoms with van der Waals surface area (Å²) in [6.45, 7) is 0.0913. The first-order valence-electron chi connectivity index (χ1n) is 6.64. The highest BCUT2D eigenvalue weighted by Crippen LogP contribution is 2.30. The van der Waals surface area contributed by atoms with Crippen LogP contribution in [-0.4, -0.2) is 23.6 Å². The van der Waals surface area contributed by atoms with Crippen LogP contribution in [0, 0.1) is 5.92 Å². The van der Waals surface area contributed by atoms with E-state index in [0.29, 0.717) is 22.0 Å². The summed E-state index contributed by atoms with van der Waals surface area (Å²) < 4.78 is 0. The number of rotatable bonds is 4. The molecular weight excluding hydrogens is 335 g/mol. The van der Waals surface area contributed by atoms with Crippen molar-refractivity contribution < 1.29 is 9.90 Å². The molecule has 3 atom stereocenters. The van der Waals surface area contributed by atoms with Crippen LogP contribution in [0.4, 0.5) is 0 Å². The smallest absolute Gasteiger partial charge is 0.223 e. The Bertz CT molecular complexity index is 479. The molecule has 0 spiro atoms. The van der Waals surface area contributed by atoms with Crippen LogP contribution >= 0.6 is 35.6 Å². The van der Waals surface area contributed by atoms with Crippen LogP contribution in [0.1, 0.15) is 30.9 Å². The summed E-state index contributed by atoms with van der Waals surface area (Å²) in [7, 11) is 0. The number of aliphatic hydroxyl groups is 1. The van der Waals surface area contributed by atoms with Crippen LogP contribution in [0.3, 0.4) is 0 Å². The zero-order valence-electron chi connectivity index (χ0n) is 11.4. The number of aliphatic hydroxyl groups excluding tert-OH is 1. The van der Waals surface area contributed by atoms with E-state index in [1.165, 1.54) is 0 Å². The van der Waals surface area contributed by atoms with Crippen molar-refractivity contribution in [2.24, 2.45) is 11.7 Å². The van der Waals surface area contributed by atoms with Gasteiger partial charge in [0.05, 0.1) is 6.10 Å². The summed E-state index contributed by atoms with van der Waals surface area (Å²) in [6.07, 6.45) is 1.46. The van der Waals surface area contributed by atoms with E-state index < -0.39 is 6.10 Å². The molecule has 0 bridgehead atoms. The molecule has 0 aliphatic heterocycles. The number of halogens is 3. The number of carbonyl (C=O) groups excluding carboxylic acids is 1. The average Bonchev–Trinajstić information content (AvgIpc) is 2.82. The first-order chi connectivity index (χ1) is 9.49. The molecule has 1 aromatic carbocycles. The van der Waals surface area contributed by atoms with Gasteiger partial charge >= 0.3 is 0 Å². The minimum absolute atomic E-state index is 0. The first kappa shape index (κ1) is 18.5. The van der Waals surface area contributed by atoms with Gasteiger partial charge in [-0.3, -0.25) is 4.79 Å². The molecule has 4 nitrogen and oxygen atoms in total. The number of amides is 1. The number of hydrogen-bond donors (Lipinski definition) is 3. The molecule has 0 radical (unpaired) electrons. The van der Waals surface area contributed by atoms with Crippen molar-refractivity contribution in [2.45, 2.75) is 31.4 Å². The van der Waals surface area contributed by atoms with E-state index in [-0.39, 0.29) is 36.8 Å². The van der Waals surface area contributed by atoms with Crippen molar-refractivity contribution in [3.8, 4) is 0 Å². The summed E-state index contributed by atoms with van der Waals surface area (Å²) in [6, 6.07) is 5.13. The predicted molar refractivity (Wildman–Crippen MR) is 87.0 cm³/mol. The lowest BCUT2D eigenvalue weighted by Gasteiger charge is -2.17. The Morgan fingerprint density at radius 2 is 2.00 bits per heavy atom. The predicted octanol–water partition coefficient (Wildman–Crippen LogP) is 2.69. The topological polar surface area (TPSA) is 75.4 Å². The van der Waals surface area contributed by atoms with Gasteiger partial charge in [0.15, 0.2) is 0 Å². The molecule has 21 heavy (non-hydrogen) atoms. The van der Waals surface area contributed by atoms with Crippen molar-refractivity contribution in [2.75, 3.05) is 6.54 Å². The van der Waals surface area contributed by atoms with Crippen molar-refractivity contribution in [3.63, 3.8) is 0 Å². The minimum Gasteiger partial charge on any atom is -0.386 e. The molecule has 3 unspecified atom stereocenters. The van der Waals surface area contributed by atoms with Gasteiger partial charge in [-0.2, -0.15) is 0 Å². The highest BCUT2D eigenvalue weighted by Gasteiger charge is 2.28. The molecule has 1 fully saturated rings. The Labute approximate surface area is 140 Å². The third-order valence-corrected chi connectivity index (χ3v) is 4.31. The summed E-state index contributed by atoms with van der Waals surface area (Å²) in [5.41, 5.74) is 6.23. The largest absolute Gasteiger partial charge is 0.386 e. The second-order valence-electron chi connectivity index (χ2n) is 5.17. The molecular formula is C14H19Cl3N2O2. The number of benzene rings is 1. The van der Waals surface area contributed by atoms with Gasteiger partial charge in [-0.25, -0.2) is 0 Å². The second kappa shape index (κ2) is 8.20. The molecule has 7 heteroatoms. The van der Waals surface area contributed by atoms with Crippen LogP contribution in [0.5, 0.6) is 0 Å². The van der Waals surface area contributed by atoms with E-state index >= 15 is 0 Å². The third kappa shape index (κ3) is 4.73. The normalized spacial score (nSPS) is 22.5. The molecule has 1 aliphatic carbocycles. The fourth-order valence-corrected chi connectivity index (χ4v) is 3.18. The maximum absolute atomic E-state index is 12.0. The SMILES string of the molecule is Cl.NC1CCC(C(=O)NCC(O)c2c(Cl)cccc2Cl)C1. The number of nitrogens with one attached hydrogen (secondary N) is 1. The maximum atomic E-state index is 12.0. The van der Waals surface area contributed by atoms with E-state index in [4.69, 9.17) is 28.9 Å². The van der Waals surface area contributed by atoms with Crippen molar-refractivity contribution in [1.29, 1.82) is 0 Å². The van der Waals surface area contributed by atoms with Crippen molar-refractivity contribution >= 4 is 41.5 Å². The van der Waals surface area contributed by atoms with Crippen molar-refractivity contribution in [3.05, 3.63) is 33.8 Å². The Morgan fingerprint density at radius 3 is 2.52 bits per heavy atom. The number of nitrogens with two attached hydrogens (primary N) is 1. The lowest BCUT2D eigenvalue weighted by Crippen LogP contribution is -2.33. The monoisotopic (exact) mass is 352 g/mol. The molecule has 0 aromatic heterocycles. The molecule has 118 valence electrons. The van der Waals surface area contributed by atoms with Crippen LogP contribution in [0.15, 0.2) is 18.2 Å². The molecule has 2 rings (SSSR count). The van der Waals surface area contributed by atoms with Gasteiger partial charge in [-0.15, -0.1) is 12.4 Å². The van der Waals surface area contributed by atoms with Gasteiger partial charge < -0.3 is 16.2 Å². The zero-order valence-corrected chi connectivity index (χ0v) is 13.7. The van der Waals surface area contributed by atoms with Crippen molar-refractivity contribution in [1.82, 2.24) is 5.32 Å². The summed E-state index contributed by atoms with van der Waals surface area (Å²) in [5, 5.41) is 13.6. The number of hydrogen-bond acceptors (Lipinski definition) is 3. The van der Waals surface area contributed by atoms with Crippen LogP contribution in [0.25, 0.3) is 0 Å². The molecule has 1 saturated carbocycles. The molecule has 4 N–H and O–H groups in total. The maximum Gasteiger partial charge on any atom is 0.223 e. The standard InChI is InChI=1S/C14H18Cl2N2O2.ClH/c15-10-2-1-3-11(16)13(10)12(19)7-18-14(20)8-4-5-9(17)6-8;/h1-3,8-9,12,19H,4-7,17H2,(H,18,20);1H. The summed E-state index contributed by atoms with van der Waals surface area (Å²) >= 11 is 12.0. The quantitative estimate of drug-likeness (QED) is 0.779. The van der Waals surface area contributed by atoms with Gasteiger partial charge in [0.1, 0.15) is 0 Å². The van der Waals surface area contributed by atoms with Gasteiger partial charge in [0.25, 0.3) is 0 Å². The van der Waals surface area contributed by atoms with E-state index in [0.717, 1.165) is 12.8 Å². The Morgan fingerprint density at radius 1 is 1.38 bits per heavy atom. The van der Waals surface area contributed by atoms with E-state index in [1.54, 1.807) is 18.2 Å². The fourth-order valence-electron chi connectivity index (χ4n) is 2.53. The first-order valence-corrected chi connectivity index (χ1v) is 7.40. The van der Waals surface area contributed by atoms with E-state index in [9.17, 15) is 9.90 Å². The number of carbonyl (C=O) groups is 1. The van der Waals surface area contributed by atoms with Gasteiger partial charge in [-0.1, -0.05) is 29.3 Å². The van der Waals surface area contributed by atoms with Gasteiger partial charge in [0.2, 0.25) is 5.91 Å². The lowest BCUT2D eigenvalue weighted by molar-refractivity contribution is -0.125. The molecule has 0 heterocycles. The third-order valence-electron chi connectivity index (χ3n) is 3.65. The Hall–Kier alpha value is -0.520. The van der Waals surface area contributed by atoms with Crippen LogP contribution in [0.2, 0.25) is 10.0 Å². The summed E-state index contributed by atoms with van der Waals surface area (Å²) in [5.74, 6) is -0.126. The lowest BCUT2D eigenvalue weighted by atomic mass is 10.1. The average molecular weight is 354 g/mol. The van der Waals surface area contributed by atoms with E-state index in [1.807, 2.05) is 0 Å². The molecule has 1 aliphatic rings. The van der Waals surface area contributed by atoms with Gasteiger partial charge in [-0.05, 0) is 31.4 Å². The minimum atomic E-state index is -0.921. The van der Waals surface area contributed by atoms with E-state index in [2.05, 4.69) is 5.32 Å². The van der Waals surface area contributed by atoms with Crippen LogP contribution < -0.4 is 11.1 Å². The fraction of sp³-hybridized carbons (Fsp3) is 0.500. The summed E-state index contributed by atoms with van der Waals surface area (Å²) in [4.78, 5) is 12.0. The second-order valence-corrected chi connectivity index (χ2v) is 5.98. The molecule has 1 amide bonds. The Kier molecular flexibility index (Phi) is 7.24. The highest BCUT2D eigenvalue weighted by molar-refractivity contribution is 6.36. The highest BCUT2D eigenvalue weighted by atomic mass is 35.5. The molecule has 0 saturated heterocycles. The van der Waals surface area contributed by atoms with Crippen LogP contribution in [-0.2, 0) is 4.79 Å². The zero-order chi connectivity index (χ0) is 14.7. The Balaban J connectivity index is 0.00000220. The van der Waals surface area contributed by atoms with Gasteiger partial charge in [0, 0.05) is 34.1 Å².